The summed E-state index contributed by atoms with van der Waals surface area (Å²) in [4.78, 5) is 10.5. The van der Waals surface area contributed by atoms with E-state index in [0.29, 0.717) is 24.3 Å². The molecule has 2 rings (SSSR count). The lowest BCUT2D eigenvalue weighted by molar-refractivity contribution is 0.226. The molecule has 90 valence electrons. The molecule has 0 amide bonds. The molecule has 0 aliphatic carbocycles. The Morgan fingerprint density at radius 3 is 2.65 bits per heavy atom. The third-order valence-corrected chi connectivity index (χ3v) is 2.67. The van der Waals surface area contributed by atoms with Crippen LogP contribution in [0.4, 0.5) is 0 Å². The Balaban J connectivity index is 2.12. The standard InChI is InChI=1S/C12H16N4O/c1-9(2)16(3)8-11-14-12(15-17-11)10-4-6-13-7-5-10/h4-7,9H,8H2,1-3H3. The summed E-state index contributed by atoms with van der Waals surface area (Å²) in [7, 11) is 2.03. The van der Waals surface area contributed by atoms with Gasteiger partial charge in [-0.1, -0.05) is 5.16 Å². The lowest BCUT2D eigenvalue weighted by atomic mass is 10.2. The van der Waals surface area contributed by atoms with Crippen molar-refractivity contribution in [2.45, 2.75) is 26.4 Å². The fraction of sp³-hybridized carbons (Fsp3) is 0.417. The van der Waals surface area contributed by atoms with Crippen LogP contribution in [0.1, 0.15) is 19.7 Å². The Bertz CT molecular complexity index is 466. The van der Waals surface area contributed by atoms with Gasteiger partial charge in [-0.3, -0.25) is 9.88 Å². The lowest BCUT2D eigenvalue weighted by Gasteiger charge is -2.17. The molecule has 0 unspecified atom stereocenters. The highest BCUT2D eigenvalue weighted by molar-refractivity contribution is 5.52. The molecule has 0 aliphatic heterocycles. The average molecular weight is 232 g/mol. The first-order chi connectivity index (χ1) is 8.16. The quantitative estimate of drug-likeness (QED) is 0.806. The van der Waals surface area contributed by atoms with Crippen molar-refractivity contribution in [2.24, 2.45) is 0 Å². The zero-order chi connectivity index (χ0) is 12.3. The lowest BCUT2D eigenvalue weighted by Crippen LogP contribution is -2.25. The molecule has 0 spiro atoms. The monoisotopic (exact) mass is 232 g/mol. The summed E-state index contributed by atoms with van der Waals surface area (Å²) in [6, 6.07) is 4.17. The van der Waals surface area contributed by atoms with E-state index < -0.39 is 0 Å². The van der Waals surface area contributed by atoms with Crippen LogP contribution in [0, 0.1) is 0 Å². The maximum Gasteiger partial charge on any atom is 0.241 e. The highest BCUT2D eigenvalue weighted by Gasteiger charge is 2.11. The smallest absolute Gasteiger partial charge is 0.241 e. The van der Waals surface area contributed by atoms with Crippen LogP contribution in [0.5, 0.6) is 0 Å². The van der Waals surface area contributed by atoms with Gasteiger partial charge in [-0.05, 0) is 33.0 Å². The topological polar surface area (TPSA) is 55.1 Å². The molecule has 17 heavy (non-hydrogen) atoms. The molecule has 0 saturated carbocycles. The maximum atomic E-state index is 5.22. The minimum Gasteiger partial charge on any atom is -0.338 e. The minimum atomic E-state index is 0.450. The van der Waals surface area contributed by atoms with Gasteiger partial charge in [0.1, 0.15) is 0 Å². The predicted molar refractivity (Wildman–Crippen MR) is 64.1 cm³/mol. The molecule has 2 aromatic rings. The van der Waals surface area contributed by atoms with Crippen LogP contribution in [-0.2, 0) is 6.54 Å². The zero-order valence-corrected chi connectivity index (χ0v) is 10.3. The summed E-state index contributed by atoms with van der Waals surface area (Å²) in [5, 5.41) is 3.96. The van der Waals surface area contributed by atoms with Gasteiger partial charge in [0.25, 0.3) is 0 Å². The van der Waals surface area contributed by atoms with Gasteiger partial charge in [-0.15, -0.1) is 0 Å². The van der Waals surface area contributed by atoms with Crippen LogP contribution in [0.15, 0.2) is 29.0 Å². The Morgan fingerprint density at radius 2 is 2.00 bits per heavy atom. The molecular formula is C12H16N4O. The number of hydrogen-bond donors (Lipinski definition) is 0. The van der Waals surface area contributed by atoms with Gasteiger partial charge in [-0.25, -0.2) is 0 Å². The van der Waals surface area contributed by atoms with Crippen molar-refractivity contribution in [2.75, 3.05) is 7.05 Å². The van der Waals surface area contributed by atoms with Gasteiger partial charge in [0.15, 0.2) is 0 Å². The molecule has 0 aliphatic rings. The van der Waals surface area contributed by atoms with Gasteiger partial charge in [0.2, 0.25) is 11.7 Å². The van der Waals surface area contributed by atoms with Crippen molar-refractivity contribution in [3.8, 4) is 11.4 Å². The van der Waals surface area contributed by atoms with Crippen LogP contribution in [0.25, 0.3) is 11.4 Å². The molecule has 5 nitrogen and oxygen atoms in total. The van der Waals surface area contributed by atoms with Gasteiger partial charge >= 0.3 is 0 Å². The summed E-state index contributed by atoms with van der Waals surface area (Å²) in [5.41, 5.74) is 0.919. The normalized spacial score (nSPS) is 11.4. The number of hydrogen-bond acceptors (Lipinski definition) is 5. The third kappa shape index (κ3) is 2.88. The van der Waals surface area contributed by atoms with E-state index in [9.17, 15) is 0 Å². The van der Waals surface area contributed by atoms with Crippen molar-refractivity contribution >= 4 is 0 Å². The highest BCUT2D eigenvalue weighted by Crippen LogP contribution is 2.14. The van der Waals surface area contributed by atoms with Gasteiger partial charge < -0.3 is 4.52 Å². The van der Waals surface area contributed by atoms with E-state index in [2.05, 4.69) is 33.9 Å². The van der Waals surface area contributed by atoms with Gasteiger partial charge in [-0.2, -0.15) is 4.98 Å². The fourth-order valence-electron chi connectivity index (χ4n) is 1.33. The number of nitrogens with zero attached hydrogens (tertiary/aromatic N) is 4. The third-order valence-electron chi connectivity index (χ3n) is 2.67. The average Bonchev–Trinajstić information content (AvgIpc) is 2.78. The first kappa shape index (κ1) is 11.7. The number of rotatable bonds is 4. The van der Waals surface area contributed by atoms with Gasteiger partial charge in [0, 0.05) is 24.0 Å². The van der Waals surface area contributed by atoms with Gasteiger partial charge in [0.05, 0.1) is 6.54 Å². The van der Waals surface area contributed by atoms with Crippen molar-refractivity contribution in [3.05, 3.63) is 30.4 Å². The Hall–Kier alpha value is -1.75. The molecule has 0 fully saturated rings. The van der Waals surface area contributed by atoms with E-state index in [1.807, 2.05) is 19.2 Å². The molecule has 0 atom stereocenters. The summed E-state index contributed by atoms with van der Waals surface area (Å²) >= 11 is 0. The number of pyridine rings is 1. The van der Waals surface area contributed by atoms with Crippen LogP contribution in [-0.4, -0.2) is 33.1 Å². The fourth-order valence-corrected chi connectivity index (χ4v) is 1.33. The Kier molecular flexibility index (Phi) is 3.49. The molecule has 5 heteroatoms. The molecule has 2 aromatic heterocycles. The first-order valence-corrected chi connectivity index (χ1v) is 5.60. The van der Waals surface area contributed by atoms with E-state index in [1.54, 1.807) is 12.4 Å². The van der Waals surface area contributed by atoms with Crippen molar-refractivity contribution in [3.63, 3.8) is 0 Å². The van der Waals surface area contributed by atoms with E-state index in [0.717, 1.165) is 5.56 Å². The predicted octanol–water partition coefficient (Wildman–Crippen LogP) is 1.97. The van der Waals surface area contributed by atoms with Crippen LogP contribution < -0.4 is 0 Å². The first-order valence-electron chi connectivity index (χ1n) is 5.60. The largest absolute Gasteiger partial charge is 0.338 e. The molecule has 0 aromatic carbocycles. The molecule has 0 bridgehead atoms. The summed E-state index contributed by atoms with van der Waals surface area (Å²) in [6.45, 7) is 4.91. The number of aromatic nitrogens is 3. The van der Waals surface area contributed by atoms with Crippen molar-refractivity contribution in [1.29, 1.82) is 0 Å². The molecule has 0 radical (unpaired) electrons. The Morgan fingerprint density at radius 1 is 1.29 bits per heavy atom. The summed E-state index contributed by atoms with van der Waals surface area (Å²) in [5.74, 6) is 1.24. The summed E-state index contributed by atoms with van der Waals surface area (Å²) < 4.78 is 5.22. The molecule has 2 heterocycles. The molecule has 0 N–H and O–H groups in total. The Labute approximate surface area is 100 Å². The van der Waals surface area contributed by atoms with Crippen molar-refractivity contribution < 1.29 is 4.52 Å². The summed E-state index contributed by atoms with van der Waals surface area (Å²) in [6.07, 6.45) is 3.43. The van der Waals surface area contributed by atoms with E-state index >= 15 is 0 Å². The van der Waals surface area contributed by atoms with E-state index in [1.165, 1.54) is 0 Å². The SMILES string of the molecule is CC(C)N(C)Cc1nc(-c2ccncc2)no1. The second-order valence-electron chi connectivity index (χ2n) is 4.26. The minimum absolute atomic E-state index is 0.450. The van der Waals surface area contributed by atoms with Crippen LogP contribution in [0.2, 0.25) is 0 Å². The molecular weight excluding hydrogens is 216 g/mol. The van der Waals surface area contributed by atoms with Crippen LogP contribution in [0.3, 0.4) is 0 Å². The molecule has 0 saturated heterocycles. The second-order valence-corrected chi connectivity index (χ2v) is 4.26. The second kappa shape index (κ2) is 5.05. The van der Waals surface area contributed by atoms with Crippen molar-refractivity contribution in [1.82, 2.24) is 20.0 Å². The van der Waals surface area contributed by atoms with Crippen LogP contribution >= 0.6 is 0 Å². The highest BCUT2D eigenvalue weighted by atomic mass is 16.5. The van der Waals surface area contributed by atoms with E-state index in [4.69, 9.17) is 4.52 Å². The van der Waals surface area contributed by atoms with E-state index in [-0.39, 0.29) is 0 Å². The zero-order valence-electron chi connectivity index (χ0n) is 10.3. The maximum absolute atomic E-state index is 5.22.